The molecular weight excluding hydrogens is 202 g/mol. The molecule has 0 aliphatic carbocycles. The number of hydrogen-bond donors (Lipinski definition) is 2. The molecule has 0 aliphatic heterocycles. The van der Waals surface area contributed by atoms with Gasteiger partial charge in [-0.05, 0) is 23.8 Å². The molecule has 0 atom stereocenters. The summed E-state index contributed by atoms with van der Waals surface area (Å²) in [5, 5.41) is 2.95. The van der Waals surface area contributed by atoms with E-state index in [4.69, 9.17) is 10.5 Å². The molecule has 0 spiro atoms. The third kappa shape index (κ3) is 3.36. The second kappa shape index (κ2) is 5.50. The Bertz CT molecular complexity index is 318. The summed E-state index contributed by atoms with van der Waals surface area (Å²) in [5.41, 5.74) is 7.22. The molecule has 0 aromatic heterocycles. The maximum absolute atomic E-state index is 11.9. The largest absolute Gasteiger partial charge is 0.488 e. The maximum Gasteiger partial charge on any atom is 0.272 e. The van der Waals surface area contributed by atoms with Crippen LogP contribution in [0.4, 0.5) is 14.5 Å². The SMILES string of the molecule is CNc1ccc(OCC(F)F)cc1CN. The van der Waals surface area contributed by atoms with Gasteiger partial charge in [-0.25, -0.2) is 8.78 Å². The number of rotatable bonds is 5. The number of benzene rings is 1. The number of halogens is 2. The first-order valence-electron chi connectivity index (χ1n) is 4.59. The molecule has 0 amide bonds. The van der Waals surface area contributed by atoms with Crippen LogP contribution < -0.4 is 15.8 Å². The Morgan fingerprint density at radius 2 is 2.20 bits per heavy atom. The lowest BCUT2D eigenvalue weighted by atomic mass is 10.1. The van der Waals surface area contributed by atoms with Gasteiger partial charge in [0.2, 0.25) is 0 Å². The minimum atomic E-state index is -2.46. The van der Waals surface area contributed by atoms with Gasteiger partial charge in [0.25, 0.3) is 6.43 Å². The fourth-order valence-electron chi connectivity index (χ4n) is 1.23. The lowest BCUT2D eigenvalue weighted by Crippen LogP contribution is -2.08. The predicted octanol–water partition coefficient (Wildman–Crippen LogP) is 1.83. The molecule has 1 aromatic carbocycles. The van der Waals surface area contributed by atoms with E-state index in [2.05, 4.69) is 5.32 Å². The average molecular weight is 216 g/mol. The van der Waals surface area contributed by atoms with Crippen LogP contribution in [0.5, 0.6) is 5.75 Å². The summed E-state index contributed by atoms with van der Waals surface area (Å²) in [6, 6.07) is 5.05. The van der Waals surface area contributed by atoms with E-state index in [0.29, 0.717) is 12.3 Å². The summed E-state index contributed by atoms with van der Waals surface area (Å²) in [7, 11) is 1.77. The zero-order chi connectivity index (χ0) is 11.3. The third-order valence-electron chi connectivity index (χ3n) is 1.94. The molecule has 0 saturated heterocycles. The van der Waals surface area contributed by atoms with Crippen molar-refractivity contribution in [2.24, 2.45) is 5.73 Å². The van der Waals surface area contributed by atoms with Gasteiger partial charge in [-0.2, -0.15) is 0 Å². The predicted molar refractivity (Wildman–Crippen MR) is 55.4 cm³/mol. The molecule has 1 rings (SSSR count). The summed E-state index contributed by atoms with van der Waals surface area (Å²) in [6.07, 6.45) is -2.46. The van der Waals surface area contributed by atoms with Crippen LogP contribution in [0.3, 0.4) is 0 Å². The van der Waals surface area contributed by atoms with Gasteiger partial charge in [-0.15, -0.1) is 0 Å². The van der Waals surface area contributed by atoms with Crippen molar-refractivity contribution < 1.29 is 13.5 Å². The highest BCUT2D eigenvalue weighted by Gasteiger charge is 2.05. The van der Waals surface area contributed by atoms with E-state index < -0.39 is 13.0 Å². The summed E-state index contributed by atoms with van der Waals surface area (Å²) >= 11 is 0. The summed E-state index contributed by atoms with van der Waals surface area (Å²) in [5.74, 6) is 0.412. The van der Waals surface area contributed by atoms with E-state index in [1.54, 1.807) is 25.2 Å². The Kier molecular flexibility index (Phi) is 4.30. The van der Waals surface area contributed by atoms with Gasteiger partial charge in [-0.3, -0.25) is 0 Å². The van der Waals surface area contributed by atoms with Crippen molar-refractivity contribution >= 4 is 5.69 Å². The summed E-state index contributed by atoms with van der Waals surface area (Å²) < 4.78 is 28.6. The Balaban J connectivity index is 2.74. The van der Waals surface area contributed by atoms with Crippen molar-refractivity contribution in [2.45, 2.75) is 13.0 Å². The van der Waals surface area contributed by atoms with Crippen LogP contribution in [0.25, 0.3) is 0 Å². The fourth-order valence-corrected chi connectivity index (χ4v) is 1.23. The lowest BCUT2D eigenvalue weighted by Gasteiger charge is -2.10. The minimum Gasteiger partial charge on any atom is -0.488 e. The molecule has 5 heteroatoms. The molecule has 0 radical (unpaired) electrons. The molecular formula is C10H14F2N2O. The first kappa shape index (κ1) is 11.7. The van der Waals surface area contributed by atoms with Crippen LogP contribution in [-0.4, -0.2) is 20.1 Å². The molecule has 1 aromatic rings. The van der Waals surface area contributed by atoms with Crippen LogP contribution in [0.2, 0.25) is 0 Å². The van der Waals surface area contributed by atoms with Crippen molar-refractivity contribution in [2.75, 3.05) is 19.0 Å². The molecule has 15 heavy (non-hydrogen) atoms. The first-order chi connectivity index (χ1) is 7.17. The Hall–Kier alpha value is -1.36. The molecule has 0 heterocycles. The van der Waals surface area contributed by atoms with Crippen LogP contribution in [0.15, 0.2) is 18.2 Å². The Morgan fingerprint density at radius 3 is 2.73 bits per heavy atom. The molecule has 0 unspecified atom stereocenters. The zero-order valence-electron chi connectivity index (χ0n) is 8.47. The van der Waals surface area contributed by atoms with E-state index in [-0.39, 0.29) is 0 Å². The average Bonchev–Trinajstić information content (AvgIpc) is 2.25. The molecule has 3 nitrogen and oxygen atoms in total. The van der Waals surface area contributed by atoms with E-state index in [1.807, 2.05) is 0 Å². The monoisotopic (exact) mass is 216 g/mol. The standard InChI is InChI=1S/C10H14F2N2O/c1-14-9-3-2-8(4-7(9)5-13)15-6-10(11)12/h2-4,10,14H,5-6,13H2,1H3. The smallest absolute Gasteiger partial charge is 0.272 e. The maximum atomic E-state index is 11.9. The minimum absolute atomic E-state index is 0.335. The van der Waals surface area contributed by atoms with E-state index in [9.17, 15) is 8.78 Å². The topological polar surface area (TPSA) is 47.3 Å². The quantitative estimate of drug-likeness (QED) is 0.789. The first-order valence-corrected chi connectivity index (χ1v) is 4.59. The molecule has 0 fully saturated rings. The van der Waals surface area contributed by atoms with Crippen LogP contribution in [0, 0.1) is 0 Å². The highest BCUT2D eigenvalue weighted by atomic mass is 19.3. The lowest BCUT2D eigenvalue weighted by molar-refractivity contribution is 0.0819. The van der Waals surface area contributed by atoms with Gasteiger partial charge >= 0.3 is 0 Å². The number of hydrogen-bond acceptors (Lipinski definition) is 3. The van der Waals surface area contributed by atoms with Gasteiger partial charge < -0.3 is 15.8 Å². The summed E-state index contributed by atoms with van der Waals surface area (Å²) in [4.78, 5) is 0. The van der Waals surface area contributed by atoms with Crippen molar-refractivity contribution in [3.05, 3.63) is 23.8 Å². The number of alkyl halides is 2. The van der Waals surface area contributed by atoms with Gasteiger partial charge in [0, 0.05) is 19.3 Å². The van der Waals surface area contributed by atoms with Gasteiger partial charge in [0.05, 0.1) is 0 Å². The molecule has 3 N–H and O–H groups in total. The Labute approximate surface area is 87.2 Å². The van der Waals surface area contributed by atoms with Gasteiger partial charge in [-0.1, -0.05) is 0 Å². The second-order valence-corrected chi connectivity index (χ2v) is 2.98. The van der Waals surface area contributed by atoms with Crippen LogP contribution in [0.1, 0.15) is 5.56 Å². The molecule has 0 saturated carbocycles. The van der Waals surface area contributed by atoms with Crippen molar-refractivity contribution in [1.29, 1.82) is 0 Å². The van der Waals surface area contributed by atoms with E-state index in [1.165, 1.54) is 0 Å². The highest BCUT2D eigenvalue weighted by Crippen LogP contribution is 2.21. The fraction of sp³-hybridized carbons (Fsp3) is 0.400. The highest BCUT2D eigenvalue weighted by molar-refractivity contribution is 5.53. The number of ether oxygens (including phenoxy) is 1. The van der Waals surface area contributed by atoms with E-state index >= 15 is 0 Å². The van der Waals surface area contributed by atoms with Crippen molar-refractivity contribution in [3.63, 3.8) is 0 Å². The normalized spacial score (nSPS) is 10.5. The Morgan fingerprint density at radius 1 is 1.47 bits per heavy atom. The van der Waals surface area contributed by atoms with Crippen molar-refractivity contribution in [1.82, 2.24) is 0 Å². The van der Waals surface area contributed by atoms with Gasteiger partial charge in [0.1, 0.15) is 12.4 Å². The third-order valence-corrected chi connectivity index (χ3v) is 1.94. The van der Waals surface area contributed by atoms with Crippen LogP contribution >= 0.6 is 0 Å². The molecule has 84 valence electrons. The number of nitrogens with two attached hydrogens (primary N) is 1. The number of nitrogens with one attached hydrogen (secondary N) is 1. The second-order valence-electron chi connectivity index (χ2n) is 2.98. The molecule has 0 bridgehead atoms. The number of anilines is 1. The van der Waals surface area contributed by atoms with E-state index in [0.717, 1.165) is 11.3 Å². The zero-order valence-corrected chi connectivity index (χ0v) is 8.47. The molecule has 0 aliphatic rings. The summed E-state index contributed by atoms with van der Waals surface area (Å²) in [6.45, 7) is -0.259. The van der Waals surface area contributed by atoms with Crippen LogP contribution in [-0.2, 0) is 6.54 Å². The van der Waals surface area contributed by atoms with Gasteiger partial charge in [0.15, 0.2) is 0 Å². The van der Waals surface area contributed by atoms with Crippen molar-refractivity contribution in [3.8, 4) is 5.75 Å².